The second-order valence-electron chi connectivity index (χ2n) is 12.5. The van der Waals surface area contributed by atoms with Gasteiger partial charge in [-0.1, -0.05) is 34.6 Å². The molecule has 4 aliphatic carbocycles. The van der Waals surface area contributed by atoms with Gasteiger partial charge >= 0.3 is 0 Å². The van der Waals surface area contributed by atoms with Crippen LogP contribution in [0.15, 0.2) is 16.8 Å². The summed E-state index contributed by atoms with van der Waals surface area (Å²) in [6.07, 6.45) is 13.9. The molecule has 9 atom stereocenters. The van der Waals surface area contributed by atoms with E-state index in [1.807, 2.05) is 13.8 Å². The van der Waals surface area contributed by atoms with Crippen LogP contribution in [-0.2, 0) is 4.74 Å². The van der Waals surface area contributed by atoms with E-state index in [-0.39, 0.29) is 0 Å². The van der Waals surface area contributed by atoms with Gasteiger partial charge in [0.15, 0.2) is 0 Å². The minimum atomic E-state index is -0.617. The molecular weight excluding hydrogens is 434 g/mol. The molecule has 0 spiro atoms. The Kier molecular flexibility index (Phi) is 9.14. The van der Waals surface area contributed by atoms with Crippen molar-refractivity contribution in [2.24, 2.45) is 57.1 Å². The highest BCUT2D eigenvalue weighted by Crippen LogP contribution is 2.68. The monoisotopic (exact) mass is 485 g/mol. The highest BCUT2D eigenvalue weighted by atomic mass is 16.5. The Labute approximate surface area is 214 Å². The highest BCUT2D eigenvalue weighted by Gasteiger charge is 2.61. The number of fused-ring (bicyclic) bond motifs is 5. The van der Waals surface area contributed by atoms with Crippen molar-refractivity contribution < 1.29 is 9.84 Å². The van der Waals surface area contributed by atoms with E-state index in [1.165, 1.54) is 44.7 Å². The topological polar surface area (TPSA) is 91.6 Å². The van der Waals surface area contributed by atoms with Gasteiger partial charge in [-0.05, 0) is 104 Å². The predicted octanol–water partition coefficient (Wildman–Crippen LogP) is 6.12. The first-order valence-corrected chi connectivity index (χ1v) is 14.2. The fourth-order valence-electron chi connectivity index (χ4n) is 9.25. The van der Waals surface area contributed by atoms with Crippen molar-refractivity contribution >= 4 is 6.21 Å². The largest absolute Gasteiger partial charge is 0.403 e. The SMILES string of the molecule is CC.COC[C@@]1(O)CCC2(C)C(CCC3C2CCC2(C)C(C(C)CN=C/C(C#N)=C\N)CCC32)C1. The molecule has 4 rings (SSSR count). The van der Waals surface area contributed by atoms with Crippen LogP contribution in [0.5, 0.6) is 0 Å². The van der Waals surface area contributed by atoms with E-state index in [0.29, 0.717) is 40.8 Å². The number of rotatable bonds is 6. The molecule has 0 bridgehead atoms. The number of hydrogen-bond acceptors (Lipinski definition) is 5. The second-order valence-corrected chi connectivity index (χ2v) is 12.5. The molecule has 0 aromatic heterocycles. The van der Waals surface area contributed by atoms with Crippen LogP contribution in [0.2, 0.25) is 0 Å². The van der Waals surface area contributed by atoms with Crippen LogP contribution in [0, 0.1) is 57.7 Å². The highest BCUT2D eigenvalue weighted by molar-refractivity contribution is 5.83. The summed E-state index contributed by atoms with van der Waals surface area (Å²) in [5, 5.41) is 20.1. The van der Waals surface area contributed by atoms with Gasteiger partial charge in [0.25, 0.3) is 0 Å². The smallest absolute Gasteiger partial charge is 0.102 e. The standard InChI is InChI=1S/C28H45N3O2.C2H6/c1-19(16-31-17-20(14-29)15-30)23-7-8-24-22-6-5-21-13-28(32,18-33-4)12-11-26(21,2)25(22)9-10-27(23,24)3;1-2/h14,17,19,21-25,32H,5-13,16,18,29H2,1-4H3;1-2H3/b20-14-,31-17?;/t19?,21?,22?,23?,24?,25?,26?,27?,28-;/m1./s1. The van der Waals surface area contributed by atoms with Crippen molar-refractivity contribution in [2.75, 3.05) is 20.3 Å². The molecule has 5 nitrogen and oxygen atoms in total. The molecule has 0 radical (unpaired) electrons. The van der Waals surface area contributed by atoms with Crippen molar-refractivity contribution in [3.63, 3.8) is 0 Å². The Morgan fingerprint density at radius 2 is 1.83 bits per heavy atom. The summed E-state index contributed by atoms with van der Waals surface area (Å²) >= 11 is 0. The van der Waals surface area contributed by atoms with E-state index in [4.69, 9.17) is 15.7 Å². The number of aliphatic hydroxyl groups is 1. The van der Waals surface area contributed by atoms with Gasteiger partial charge < -0.3 is 15.6 Å². The Hall–Kier alpha value is -1.38. The maximum absolute atomic E-state index is 11.1. The van der Waals surface area contributed by atoms with Crippen LogP contribution in [0.4, 0.5) is 0 Å². The number of nitrogens with two attached hydrogens (primary N) is 1. The Morgan fingerprint density at radius 3 is 2.49 bits per heavy atom. The van der Waals surface area contributed by atoms with Crippen LogP contribution in [0.25, 0.3) is 0 Å². The average Bonchev–Trinajstić information content (AvgIpc) is 3.21. The number of nitriles is 1. The third kappa shape index (κ3) is 5.21. The van der Waals surface area contributed by atoms with Gasteiger partial charge in [-0.2, -0.15) is 5.26 Å². The second kappa shape index (κ2) is 11.3. The number of allylic oxidation sites excluding steroid dienone is 1. The lowest BCUT2D eigenvalue weighted by atomic mass is 9.43. The Balaban J connectivity index is 0.00000167. The third-order valence-corrected chi connectivity index (χ3v) is 10.9. The van der Waals surface area contributed by atoms with E-state index in [1.54, 1.807) is 13.3 Å². The van der Waals surface area contributed by atoms with Gasteiger partial charge in [-0.25, -0.2) is 0 Å². The molecule has 198 valence electrons. The van der Waals surface area contributed by atoms with E-state index in [9.17, 15) is 5.11 Å². The minimum absolute atomic E-state index is 0.375. The maximum Gasteiger partial charge on any atom is 0.102 e. The zero-order valence-electron chi connectivity index (χ0n) is 23.2. The summed E-state index contributed by atoms with van der Waals surface area (Å²) in [7, 11) is 1.71. The zero-order valence-corrected chi connectivity index (χ0v) is 23.2. The first kappa shape index (κ1) is 28.2. The van der Waals surface area contributed by atoms with Gasteiger partial charge in [0.1, 0.15) is 6.07 Å². The summed E-state index contributed by atoms with van der Waals surface area (Å²) in [6, 6.07) is 2.08. The summed E-state index contributed by atoms with van der Waals surface area (Å²) in [4.78, 5) is 4.57. The van der Waals surface area contributed by atoms with E-state index >= 15 is 0 Å². The van der Waals surface area contributed by atoms with E-state index in [0.717, 1.165) is 43.6 Å². The quantitative estimate of drug-likeness (QED) is 0.350. The summed E-state index contributed by atoms with van der Waals surface area (Å²) in [5.74, 6) is 4.33. The van der Waals surface area contributed by atoms with Crippen molar-refractivity contribution in [1.82, 2.24) is 0 Å². The molecule has 0 aromatic rings. The molecule has 3 N–H and O–H groups in total. The van der Waals surface area contributed by atoms with Crippen molar-refractivity contribution in [2.45, 2.75) is 98.0 Å². The average molecular weight is 486 g/mol. The molecule has 4 fully saturated rings. The van der Waals surface area contributed by atoms with Crippen molar-refractivity contribution in [3.05, 3.63) is 11.8 Å². The van der Waals surface area contributed by atoms with Crippen molar-refractivity contribution in [3.8, 4) is 6.07 Å². The Morgan fingerprint density at radius 1 is 1.11 bits per heavy atom. The number of aliphatic imine (C=N–C) groups is 1. The van der Waals surface area contributed by atoms with Crippen LogP contribution in [0.1, 0.15) is 92.4 Å². The van der Waals surface area contributed by atoms with Crippen LogP contribution in [0.3, 0.4) is 0 Å². The molecule has 35 heavy (non-hydrogen) atoms. The van der Waals surface area contributed by atoms with Gasteiger partial charge in [-0.3, -0.25) is 4.99 Å². The van der Waals surface area contributed by atoms with Crippen molar-refractivity contribution in [1.29, 1.82) is 5.26 Å². The lowest BCUT2D eigenvalue weighted by Crippen LogP contribution is -2.56. The van der Waals surface area contributed by atoms with Crippen LogP contribution < -0.4 is 5.73 Å². The fraction of sp³-hybridized carbons (Fsp3) is 0.867. The number of nitrogens with zero attached hydrogens (tertiary/aromatic N) is 2. The zero-order chi connectivity index (χ0) is 25.9. The summed E-state index contributed by atoms with van der Waals surface area (Å²) in [5.41, 5.74) is 6.09. The summed E-state index contributed by atoms with van der Waals surface area (Å²) < 4.78 is 5.38. The lowest BCUT2D eigenvalue weighted by Gasteiger charge is -2.62. The molecule has 0 amide bonds. The van der Waals surface area contributed by atoms with E-state index in [2.05, 4.69) is 31.8 Å². The number of methoxy groups -OCH3 is 1. The van der Waals surface area contributed by atoms with Gasteiger partial charge in [0.2, 0.25) is 0 Å². The van der Waals surface area contributed by atoms with E-state index < -0.39 is 5.60 Å². The molecule has 4 saturated carbocycles. The number of ether oxygens (including phenoxy) is 1. The van der Waals surface area contributed by atoms with Gasteiger partial charge in [0.05, 0.1) is 17.8 Å². The third-order valence-electron chi connectivity index (χ3n) is 10.9. The number of hydrogen-bond donors (Lipinski definition) is 2. The van der Waals surface area contributed by atoms with Gasteiger partial charge in [-0.15, -0.1) is 0 Å². The molecule has 0 heterocycles. The molecule has 5 heteroatoms. The lowest BCUT2D eigenvalue weighted by molar-refractivity contribution is -0.163. The molecule has 4 aliphatic rings. The molecule has 0 saturated heterocycles. The molecule has 0 aromatic carbocycles. The molecule has 8 unspecified atom stereocenters. The maximum atomic E-state index is 11.1. The predicted molar refractivity (Wildman–Crippen MR) is 144 cm³/mol. The van der Waals surface area contributed by atoms with Crippen LogP contribution in [-0.4, -0.2) is 37.2 Å². The van der Waals surface area contributed by atoms with Gasteiger partial charge in [0, 0.05) is 26.1 Å². The normalized spacial score (nSPS) is 43.8. The summed E-state index contributed by atoms with van der Waals surface area (Å²) in [6.45, 7) is 12.8. The first-order valence-electron chi connectivity index (χ1n) is 14.2. The fourth-order valence-corrected chi connectivity index (χ4v) is 9.25. The Bertz CT molecular complexity index is 819. The minimum Gasteiger partial charge on any atom is -0.403 e. The van der Waals surface area contributed by atoms with Crippen LogP contribution >= 0.6 is 0 Å². The molecule has 0 aliphatic heterocycles. The molecular formula is C30H51N3O2. The first-order chi connectivity index (χ1) is 16.7.